The number of rotatable bonds is 7. The van der Waals surface area contributed by atoms with E-state index >= 15 is 0 Å². The number of hydrogen-bond donors (Lipinski definition) is 1. The molecule has 24 heavy (non-hydrogen) atoms. The summed E-state index contributed by atoms with van der Waals surface area (Å²) in [6.45, 7) is 2.96. The average Bonchev–Trinajstić information content (AvgIpc) is 3.30. The van der Waals surface area contributed by atoms with Crippen molar-refractivity contribution in [3.05, 3.63) is 78.4 Å². The summed E-state index contributed by atoms with van der Waals surface area (Å²) in [6, 6.07) is 17.6. The third-order valence-electron chi connectivity index (χ3n) is 4.65. The Balaban J connectivity index is 1.48. The van der Waals surface area contributed by atoms with Crippen molar-refractivity contribution >= 4 is 0 Å². The third kappa shape index (κ3) is 3.74. The number of hydrogen-bond acceptors (Lipinski definition) is 2. The van der Waals surface area contributed by atoms with E-state index in [-0.39, 0.29) is 0 Å². The van der Waals surface area contributed by atoms with Crippen molar-refractivity contribution in [2.24, 2.45) is 5.92 Å². The summed E-state index contributed by atoms with van der Waals surface area (Å²) in [5.41, 5.74) is 5.28. The van der Waals surface area contributed by atoms with Crippen LogP contribution in [0.4, 0.5) is 0 Å². The molecule has 0 spiro atoms. The van der Waals surface area contributed by atoms with Gasteiger partial charge in [-0.1, -0.05) is 48.5 Å². The van der Waals surface area contributed by atoms with Gasteiger partial charge in [-0.25, -0.2) is 4.98 Å². The van der Waals surface area contributed by atoms with Crippen LogP contribution in [0.3, 0.4) is 0 Å². The highest BCUT2D eigenvalue weighted by Gasteiger charge is 2.20. The fraction of sp³-hybridized carbons (Fsp3) is 0.286. The van der Waals surface area contributed by atoms with Crippen molar-refractivity contribution in [2.45, 2.75) is 25.9 Å². The molecular formula is C21H23N3. The van der Waals surface area contributed by atoms with Gasteiger partial charge in [0.05, 0.1) is 6.33 Å². The summed E-state index contributed by atoms with van der Waals surface area (Å²) in [4.78, 5) is 4.10. The Morgan fingerprint density at radius 3 is 2.62 bits per heavy atom. The highest BCUT2D eigenvalue weighted by atomic mass is 15.0. The molecule has 1 aliphatic carbocycles. The normalized spacial score (nSPS) is 14.0. The first kappa shape index (κ1) is 15.2. The van der Waals surface area contributed by atoms with Gasteiger partial charge in [0.25, 0.3) is 0 Å². The minimum absolute atomic E-state index is 0.866. The van der Waals surface area contributed by atoms with E-state index < -0.39 is 0 Å². The van der Waals surface area contributed by atoms with Crippen molar-refractivity contribution in [1.29, 1.82) is 0 Å². The largest absolute Gasteiger partial charge is 0.333 e. The first-order chi connectivity index (χ1) is 11.9. The first-order valence-corrected chi connectivity index (χ1v) is 8.72. The van der Waals surface area contributed by atoms with Gasteiger partial charge in [-0.3, -0.25) is 0 Å². The molecule has 4 rings (SSSR count). The van der Waals surface area contributed by atoms with Gasteiger partial charge in [0.2, 0.25) is 0 Å². The monoisotopic (exact) mass is 317 g/mol. The van der Waals surface area contributed by atoms with Crippen molar-refractivity contribution in [1.82, 2.24) is 14.9 Å². The number of nitrogens with zero attached hydrogens (tertiary/aromatic N) is 2. The van der Waals surface area contributed by atoms with Gasteiger partial charge in [-0.15, -0.1) is 0 Å². The van der Waals surface area contributed by atoms with Crippen molar-refractivity contribution in [2.75, 3.05) is 6.54 Å². The van der Waals surface area contributed by atoms with Gasteiger partial charge in [-0.05, 0) is 47.6 Å². The van der Waals surface area contributed by atoms with Crippen LogP contribution in [0.1, 0.15) is 24.0 Å². The summed E-state index contributed by atoms with van der Waals surface area (Å²) in [7, 11) is 0. The van der Waals surface area contributed by atoms with Gasteiger partial charge in [0.15, 0.2) is 0 Å². The summed E-state index contributed by atoms with van der Waals surface area (Å²) in [6.07, 6.45) is 8.46. The molecule has 0 radical (unpaired) electrons. The smallest absolute Gasteiger partial charge is 0.0949 e. The van der Waals surface area contributed by atoms with Crippen LogP contribution in [0.5, 0.6) is 0 Å². The van der Waals surface area contributed by atoms with E-state index in [1.165, 1.54) is 35.1 Å². The lowest BCUT2D eigenvalue weighted by Gasteiger charge is -2.11. The molecule has 1 saturated carbocycles. The molecule has 1 aliphatic rings. The fourth-order valence-electron chi connectivity index (χ4n) is 3.07. The maximum atomic E-state index is 4.10. The molecule has 1 heterocycles. The lowest BCUT2D eigenvalue weighted by molar-refractivity contribution is 0.639. The third-order valence-corrected chi connectivity index (χ3v) is 4.65. The van der Waals surface area contributed by atoms with Gasteiger partial charge in [0.1, 0.15) is 0 Å². The highest BCUT2D eigenvalue weighted by molar-refractivity contribution is 5.67. The van der Waals surface area contributed by atoms with Crippen LogP contribution in [0.15, 0.2) is 67.3 Å². The Hall–Kier alpha value is -2.39. The molecule has 0 saturated heterocycles. The minimum Gasteiger partial charge on any atom is -0.333 e. The summed E-state index contributed by atoms with van der Waals surface area (Å²) < 4.78 is 2.09. The summed E-state index contributed by atoms with van der Waals surface area (Å²) in [5, 5.41) is 3.60. The molecule has 1 aromatic heterocycles. The second-order valence-electron chi connectivity index (χ2n) is 6.66. The molecule has 122 valence electrons. The average molecular weight is 317 g/mol. The predicted molar refractivity (Wildman–Crippen MR) is 97.6 cm³/mol. The number of benzene rings is 2. The molecule has 2 aromatic carbocycles. The zero-order valence-corrected chi connectivity index (χ0v) is 13.9. The Morgan fingerprint density at radius 1 is 1.04 bits per heavy atom. The zero-order valence-electron chi connectivity index (χ0n) is 13.9. The molecular weight excluding hydrogens is 294 g/mol. The quantitative estimate of drug-likeness (QED) is 0.711. The topological polar surface area (TPSA) is 29.9 Å². The molecule has 0 bridgehead atoms. The lowest BCUT2D eigenvalue weighted by atomic mass is 9.98. The van der Waals surface area contributed by atoms with Gasteiger partial charge >= 0.3 is 0 Å². The van der Waals surface area contributed by atoms with Gasteiger partial charge in [0, 0.05) is 25.5 Å². The number of nitrogens with one attached hydrogen (secondary N) is 1. The molecule has 1 fully saturated rings. The summed E-state index contributed by atoms with van der Waals surface area (Å²) in [5.74, 6) is 0.916. The summed E-state index contributed by atoms with van der Waals surface area (Å²) >= 11 is 0. The molecule has 0 aliphatic heterocycles. The fourth-order valence-corrected chi connectivity index (χ4v) is 3.07. The first-order valence-electron chi connectivity index (χ1n) is 8.72. The van der Waals surface area contributed by atoms with E-state index in [2.05, 4.69) is 63.4 Å². The lowest BCUT2D eigenvalue weighted by Crippen LogP contribution is -2.16. The maximum absolute atomic E-state index is 4.10. The standard InChI is InChI=1S/C21H23N3/c1-2-4-21(20(3-1)14-23-13-17-5-6-17)19-9-7-18(8-10-19)15-24-12-11-22-16-24/h1-4,7-12,16-17,23H,5-6,13-15H2. The van der Waals surface area contributed by atoms with Crippen LogP contribution in [0, 0.1) is 5.92 Å². The van der Waals surface area contributed by atoms with E-state index in [0.717, 1.165) is 25.6 Å². The number of aromatic nitrogens is 2. The maximum Gasteiger partial charge on any atom is 0.0949 e. The van der Waals surface area contributed by atoms with E-state index in [1.54, 1.807) is 0 Å². The molecule has 0 amide bonds. The predicted octanol–water partition coefficient (Wildman–Crippen LogP) is 4.10. The number of imidazole rings is 1. The molecule has 1 N–H and O–H groups in total. The Bertz CT molecular complexity index is 771. The van der Waals surface area contributed by atoms with E-state index in [4.69, 9.17) is 0 Å². The van der Waals surface area contributed by atoms with E-state index in [0.29, 0.717) is 0 Å². The van der Waals surface area contributed by atoms with Crippen LogP contribution < -0.4 is 5.32 Å². The molecule has 0 atom stereocenters. The van der Waals surface area contributed by atoms with Crippen molar-refractivity contribution < 1.29 is 0 Å². The Labute approximate surface area is 143 Å². The van der Waals surface area contributed by atoms with Crippen molar-refractivity contribution in [3.63, 3.8) is 0 Å². The van der Waals surface area contributed by atoms with Crippen LogP contribution in [0.25, 0.3) is 11.1 Å². The van der Waals surface area contributed by atoms with Crippen LogP contribution in [-0.4, -0.2) is 16.1 Å². The van der Waals surface area contributed by atoms with Crippen LogP contribution in [-0.2, 0) is 13.1 Å². The minimum atomic E-state index is 0.866. The Morgan fingerprint density at radius 2 is 1.88 bits per heavy atom. The van der Waals surface area contributed by atoms with Crippen molar-refractivity contribution in [3.8, 4) is 11.1 Å². The second kappa shape index (κ2) is 7.02. The van der Waals surface area contributed by atoms with E-state index in [1.807, 2.05) is 18.7 Å². The second-order valence-corrected chi connectivity index (χ2v) is 6.66. The van der Waals surface area contributed by atoms with Crippen LogP contribution in [0.2, 0.25) is 0 Å². The molecule has 0 unspecified atom stereocenters. The zero-order chi connectivity index (χ0) is 16.2. The Kier molecular flexibility index (Phi) is 4.43. The highest BCUT2D eigenvalue weighted by Crippen LogP contribution is 2.28. The molecule has 3 heteroatoms. The van der Waals surface area contributed by atoms with Gasteiger partial charge < -0.3 is 9.88 Å². The van der Waals surface area contributed by atoms with Gasteiger partial charge in [-0.2, -0.15) is 0 Å². The van der Waals surface area contributed by atoms with Crippen LogP contribution >= 0.6 is 0 Å². The molecule has 3 aromatic rings. The molecule has 3 nitrogen and oxygen atoms in total. The SMILES string of the molecule is c1ccc(-c2ccc(Cn3ccnc3)cc2)c(CNCC2CC2)c1. The van der Waals surface area contributed by atoms with E-state index in [9.17, 15) is 0 Å².